The molecule has 0 aromatic heterocycles. The fraction of sp³-hybridized carbons (Fsp3) is 0.333. The smallest absolute Gasteiger partial charge is 0.338 e. The Balaban J connectivity index is 1.57. The third-order valence-electron chi connectivity index (χ3n) is 5.45. The van der Waals surface area contributed by atoms with Crippen LogP contribution in [0, 0.1) is 17.8 Å². The first-order chi connectivity index (χ1) is 11.7. The van der Waals surface area contributed by atoms with E-state index >= 15 is 0 Å². The number of carbonyl (C=O) groups excluding carboxylic acids is 2. The van der Waals surface area contributed by atoms with Crippen molar-refractivity contribution in [2.24, 2.45) is 17.8 Å². The Morgan fingerprint density at radius 3 is 2.04 bits per heavy atom. The Hall–Kier alpha value is -2.42. The van der Waals surface area contributed by atoms with Gasteiger partial charge in [0.1, 0.15) is 6.10 Å². The molecule has 0 amide bonds. The summed E-state index contributed by atoms with van der Waals surface area (Å²) in [6.07, 6.45) is 2.82. The Bertz CT molecular complexity index is 738. The molecule has 24 heavy (non-hydrogen) atoms. The van der Waals surface area contributed by atoms with Gasteiger partial charge in [0.15, 0.2) is 5.78 Å². The molecule has 3 nitrogen and oxygen atoms in total. The minimum atomic E-state index is -0.320. The number of carbonyl (C=O) groups is 2. The van der Waals surface area contributed by atoms with Crippen LogP contribution in [0.4, 0.5) is 0 Å². The first-order valence-electron chi connectivity index (χ1n) is 8.59. The first-order valence-corrected chi connectivity index (χ1v) is 8.59. The molecule has 4 atom stereocenters. The predicted molar refractivity (Wildman–Crippen MR) is 90.7 cm³/mol. The minimum Gasteiger partial charge on any atom is -0.458 e. The van der Waals surface area contributed by atoms with Gasteiger partial charge in [0.05, 0.1) is 11.5 Å². The molecule has 0 N–H and O–H groups in total. The third-order valence-corrected chi connectivity index (χ3v) is 5.45. The molecule has 0 unspecified atom stereocenters. The van der Waals surface area contributed by atoms with Crippen molar-refractivity contribution in [3.8, 4) is 0 Å². The van der Waals surface area contributed by atoms with E-state index in [4.69, 9.17) is 4.74 Å². The standard InChI is InChI=1S/C21H20O3/c22-19(14-7-3-1-4-8-14)18-16-11-12-17(13-16)20(18)24-21(23)15-9-5-2-6-10-15/h1-10,16-18,20H,11-13H2/t16-,17+,18+,20-/m0/s1. The van der Waals surface area contributed by atoms with Crippen molar-refractivity contribution in [3.05, 3.63) is 71.8 Å². The Morgan fingerprint density at radius 2 is 1.38 bits per heavy atom. The lowest BCUT2D eigenvalue weighted by molar-refractivity contribution is -0.000438. The number of ether oxygens (including phenoxy) is 1. The van der Waals surface area contributed by atoms with Gasteiger partial charge in [-0.1, -0.05) is 48.5 Å². The van der Waals surface area contributed by atoms with E-state index in [1.54, 1.807) is 12.1 Å². The number of Topliss-reactive ketones (excluding diaryl/α,β-unsaturated/α-hetero) is 1. The molecule has 2 bridgehead atoms. The second kappa shape index (κ2) is 6.23. The molecule has 0 saturated heterocycles. The van der Waals surface area contributed by atoms with Crippen molar-refractivity contribution >= 4 is 11.8 Å². The van der Waals surface area contributed by atoms with Crippen LogP contribution in [0.2, 0.25) is 0 Å². The average molecular weight is 320 g/mol. The molecule has 0 spiro atoms. The van der Waals surface area contributed by atoms with E-state index in [0.29, 0.717) is 17.4 Å². The summed E-state index contributed by atoms with van der Waals surface area (Å²) < 4.78 is 5.83. The van der Waals surface area contributed by atoms with Crippen molar-refractivity contribution in [2.75, 3.05) is 0 Å². The zero-order valence-corrected chi connectivity index (χ0v) is 13.4. The highest BCUT2D eigenvalue weighted by Crippen LogP contribution is 2.51. The molecule has 122 valence electrons. The maximum Gasteiger partial charge on any atom is 0.338 e. The monoisotopic (exact) mass is 320 g/mol. The minimum absolute atomic E-state index is 0.119. The van der Waals surface area contributed by atoms with Crippen molar-refractivity contribution < 1.29 is 14.3 Å². The summed E-state index contributed by atoms with van der Waals surface area (Å²) in [4.78, 5) is 25.4. The molecule has 2 aliphatic carbocycles. The number of hydrogen-bond acceptors (Lipinski definition) is 3. The van der Waals surface area contributed by atoms with Crippen molar-refractivity contribution in [1.29, 1.82) is 0 Å². The zero-order valence-electron chi connectivity index (χ0n) is 13.4. The lowest BCUT2D eigenvalue weighted by Gasteiger charge is -2.29. The van der Waals surface area contributed by atoms with E-state index in [2.05, 4.69) is 0 Å². The molecule has 2 aromatic rings. The molecule has 2 fully saturated rings. The quantitative estimate of drug-likeness (QED) is 0.628. The van der Waals surface area contributed by atoms with E-state index in [1.165, 1.54) is 0 Å². The van der Waals surface area contributed by atoms with Crippen molar-refractivity contribution in [2.45, 2.75) is 25.4 Å². The third kappa shape index (κ3) is 2.64. The van der Waals surface area contributed by atoms with Gasteiger partial charge >= 0.3 is 5.97 Å². The first kappa shape index (κ1) is 15.1. The normalized spacial score (nSPS) is 27.8. The lowest BCUT2D eigenvalue weighted by Crippen LogP contribution is -2.37. The van der Waals surface area contributed by atoms with Gasteiger partial charge in [-0.3, -0.25) is 4.79 Å². The van der Waals surface area contributed by atoms with Crippen LogP contribution in [0.3, 0.4) is 0 Å². The number of ketones is 1. The summed E-state index contributed by atoms with van der Waals surface area (Å²) in [6, 6.07) is 18.4. The SMILES string of the molecule is O=C(O[C@H]1[C@@H]2CC[C@@H](C2)[C@@H]1C(=O)c1ccccc1)c1ccccc1. The van der Waals surface area contributed by atoms with Gasteiger partial charge in [-0.25, -0.2) is 4.79 Å². The van der Waals surface area contributed by atoms with E-state index < -0.39 is 0 Å². The average Bonchev–Trinajstić information content (AvgIpc) is 3.24. The van der Waals surface area contributed by atoms with Crippen LogP contribution >= 0.6 is 0 Å². The van der Waals surface area contributed by atoms with Crippen LogP contribution in [0.1, 0.15) is 40.0 Å². The predicted octanol–water partition coefficient (Wildman–Crippen LogP) is 4.14. The van der Waals surface area contributed by atoms with Crippen LogP contribution in [-0.4, -0.2) is 17.9 Å². The van der Waals surface area contributed by atoms with Gasteiger partial charge in [0.25, 0.3) is 0 Å². The van der Waals surface area contributed by atoms with Gasteiger partial charge in [-0.05, 0) is 43.2 Å². The molecular formula is C21H20O3. The van der Waals surface area contributed by atoms with Gasteiger partial charge < -0.3 is 4.74 Å². The number of rotatable bonds is 4. The Kier molecular flexibility index (Phi) is 3.93. The highest BCUT2D eigenvalue weighted by atomic mass is 16.5. The van der Waals surface area contributed by atoms with Crippen molar-refractivity contribution in [1.82, 2.24) is 0 Å². The summed E-state index contributed by atoms with van der Waals surface area (Å²) in [5, 5.41) is 0. The maximum atomic E-state index is 13.0. The Labute approximate surface area is 141 Å². The number of benzene rings is 2. The van der Waals surface area contributed by atoms with E-state index in [9.17, 15) is 9.59 Å². The highest BCUT2D eigenvalue weighted by molar-refractivity contribution is 5.99. The molecule has 3 heteroatoms. The summed E-state index contributed by atoms with van der Waals surface area (Å²) in [5.41, 5.74) is 1.27. The largest absolute Gasteiger partial charge is 0.458 e. The zero-order chi connectivity index (χ0) is 16.5. The van der Waals surface area contributed by atoms with Gasteiger partial charge in [0.2, 0.25) is 0 Å². The molecule has 0 heterocycles. The van der Waals surface area contributed by atoms with Crippen molar-refractivity contribution in [3.63, 3.8) is 0 Å². The van der Waals surface area contributed by atoms with Gasteiger partial charge in [-0.2, -0.15) is 0 Å². The second-order valence-corrected chi connectivity index (χ2v) is 6.83. The van der Waals surface area contributed by atoms with Gasteiger partial charge in [0, 0.05) is 5.56 Å². The summed E-state index contributed by atoms with van der Waals surface area (Å²) >= 11 is 0. The van der Waals surface area contributed by atoms with Gasteiger partial charge in [-0.15, -0.1) is 0 Å². The summed E-state index contributed by atoms with van der Waals surface area (Å²) in [7, 11) is 0. The summed E-state index contributed by atoms with van der Waals surface area (Å²) in [6.45, 7) is 0. The lowest BCUT2D eigenvalue weighted by atomic mass is 9.81. The molecular weight excluding hydrogens is 300 g/mol. The Morgan fingerprint density at radius 1 is 0.792 bits per heavy atom. The second-order valence-electron chi connectivity index (χ2n) is 6.83. The van der Waals surface area contributed by atoms with Crippen LogP contribution in [0.25, 0.3) is 0 Å². The molecule has 0 aliphatic heterocycles. The fourth-order valence-corrected chi connectivity index (χ4v) is 4.33. The molecule has 2 saturated carbocycles. The number of hydrogen-bond donors (Lipinski definition) is 0. The van der Waals surface area contributed by atoms with Crippen LogP contribution < -0.4 is 0 Å². The highest BCUT2D eigenvalue weighted by Gasteiger charge is 2.52. The van der Waals surface area contributed by atoms with Crippen LogP contribution in [0.15, 0.2) is 60.7 Å². The van der Waals surface area contributed by atoms with E-state index in [-0.39, 0.29) is 23.8 Å². The summed E-state index contributed by atoms with van der Waals surface area (Å²) in [5.74, 6) is 0.267. The van der Waals surface area contributed by atoms with Crippen LogP contribution in [0.5, 0.6) is 0 Å². The van der Waals surface area contributed by atoms with E-state index in [0.717, 1.165) is 24.8 Å². The topological polar surface area (TPSA) is 43.4 Å². The fourth-order valence-electron chi connectivity index (χ4n) is 4.33. The molecule has 0 radical (unpaired) electrons. The van der Waals surface area contributed by atoms with Crippen LogP contribution in [-0.2, 0) is 4.74 Å². The molecule has 4 rings (SSSR count). The molecule has 2 aromatic carbocycles. The number of esters is 1. The molecule has 2 aliphatic rings. The maximum absolute atomic E-state index is 13.0. The number of fused-ring (bicyclic) bond motifs is 2. The van der Waals surface area contributed by atoms with E-state index in [1.807, 2.05) is 48.5 Å².